The Balaban J connectivity index is 3.06. The molecule has 1 rings (SSSR count). The molecule has 0 fully saturated rings. The first-order valence-electron chi connectivity index (χ1n) is 7.04. The SMILES string of the molecule is C=CC=C(C(=O)OCC)c1ccc(OCCCBr)c(OC)c1. The van der Waals surface area contributed by atoms with Gasteiger partial charge in [-0.3, -0.25) is 0 Å². The standard InChI is InChI=1S/C17H21BrO4/c1-4-7-14(17(19)21-5-2)13-8-9-15(16(12-13)20-3)22-11-6-10-18/h4,7-9,12H,1,5-6,10-11H2,2-3H3. The molecule has 0 unspecified atom stereocenters. The van der Waals surface area contributed by atoms with Crippen LogP contribution in [0.1, 0.15) is 18.9 Å². The first-order chi connectivity index (χ1) is 10.7. The fourth-order valence-electron chi connectivity index (χ4n) is 1.80. The Bertz CT molecular complexity index is 537. The summed E-state index contributed by atoms with van der Waals surface area (Å²) < 4.78 is 16.1. The maximum absolute atomic E-state index is 12.0. The maximum atomic E-state index is 12.0. The number of rotatable bonds is 9. The molecule has 0 heterocycles. The Morgan fingerprint density at radius 1 is 1.36 bits per heavy atom. The average molecular weight is 369 g/mol. The van der Waals surface area contributed by atoms with Crippen molar-refractivity contribution in [2.45, 2.75) is 13.3 Å². The summed E-state index contributed by atoms with van der Waals surface area (Å²) in [7, 11) is 1.57. The van der Waals surface area contributed by atoms with E-state index in [0.29, 0.717) is 35.8 Å². The van der Waals surface area contributed by atoms with Crippen LogP contribution in [-0.4, -0.2) is 31.6 Å². The minimum Gasteiger partial charge on any atom is -0.493 e. The summed E-state index contributed by atoms with van der Waals surface area (Å²) in [6.45, 7) is 6.31. The van der Waals surface area contributed by atoms with Crippen molar-refractivity contribution in [3.05, 3.63) is 42.5 Å². The van der Waals surface area contributed by atoms with Crippen molar-refractivity contribution in [2.24, 2.45) is 0 Å². The van der Waals surface area contributed by atoms with Gasteiger partial charge >= 0.3 is 5.97 Å². The minimum atomic E-state index is -0.391. The van der Waals surface area contributed by atoms with Gasteiger partial charge in [0.2, 0.25) is 0 Å². The molecule has 0 aliphatic heterocycles. The zero-order valence-corrected chi connectivity index (χ0v) is 14.5. The Morgan fingerprint density at radius 2 is 2.14 bits per heavy atom. The van der Waals surface area contributed by atoms with Crippen LogP contribution in [0.15, 0.2) is 36.9 Å². The molecular weight excluding hydrogens is 348 g/mol. The molecule has 22 heavy (non-hydrogen) atoms. The fourth-order valence-corrected chi connectivity index (χ4v) is 2.03. The molecule has 0 spiro atoms. The monoisotopic (exact) mass is 368 g/mol. The van der Waals surface area contributed by atoms with Crippen LogP contribution in [-0.2, 0) is 9.53 Å². The molecule has 0 N–H and O–H groups in total. The molecule has 5 heteroatoms. The van der Waals surface area contributed by atoms with E-state index in [1.54, 1.807) is 44.4 Å². The number of alkyl halides is 1. The van der Waals surface area contributed by atoms with Crippen LogP contribution in [0.2, 0.25) is 0 Å². The summed E-state index contributed by atoms with van der Waals surface area (Å²) in [5.74, 6) is 0.831. The van der Waals surface area contributed by atoms with Crippen molar-refractivity contribution in [1.82, 2.24) is 0 Å². The fraction of sp³-hybridized carbons (Fsp3) is 0.353. The van der Waals surface area contributed by atoms with Crippen LogP contribution in [0, 0.1) is 0 Å². The van der Waals surface area contributed by atoms with Gasteiger partial charge in [0.25, 0.3) is 0 Å². The molecule has 120 valence electrons. The van der Waals surface area contributed by atoms with Gasteiger partial charge < -0.3 is 14.2 Å². The normalized spacial score (nSPS) is 11.0. The third-order valence-corrected chi connectivity index (χ3v) is 3.35. The number of benzene rings is 1. The lowest BCUT2D eigenvalue weighted by Crippen LogP contribution is -2.07. The molecule has 0 saturated heterocycles. The van der Waals surface area contributed by atoms with Crippen molar-refractivity contribution in [2.75, 3.05) is 25.7 Å². The summed E-state index contributed by atoms with van der Waals surface area (Å²) in [6.07, 6.45) is 4.08. The Morgan fingerprint density at radius 3 is 2.73 bits per heavy atom. The van der Waals surface area contributed by atoms with Crippen LogP contribution >= 0.6 is 15.9 Å². The molecule has 0 aliphatic rings. The number of esters is 1. The van der Waals surface area contributed by atoms with Crippen LogP contribution in [0.25, 0.3) is 5.57 Å². The van der Waals surface area contributed by atoms with Crippen molar-refractivity contribution in [1.29, 1.82) is 0 Å². The second-order valence-electron chi connectivity index (χ2n) is 4.29. The predicted octanol–water partition coefficient (Wildman–Crippen LogP) is 3.99. The quantitative estimate of drug-likeness (QED) is 0.217. The zero-order valence-electron chi connectivity index (χ0n) is 12.9. The van der Waals surface area contributed by atoms with Gasteiger partial charge in [-0.2, -0.15) is 0 Å². The van der Waals surface area contributed by atoms with E-state index in [1.807, 2.05) is 0 Å². The van der Waals surface area contributed by atoms with Gasteiger partial charge in [0.05, 0.1) is 25.9 Å². The highest BCUT2D eigenvalue weighted by molar-refractivity contribution is 9.09. The number of halogens is 1. The van der Waals surface area contributed by atoms with Crippen LogP contribution in [0.3, 0.4) is 0 Å². The lowest BCUT2D eigenvalue weighted by molar-refractivity contribution is -0.136. The maximum Gasteiger partial charge on any atom is 0.338 e. The number of carbonyl (C=O) groups excluding carboxylic acids is 1. The minimum absolute atomic E-state index is 0.318. The number of methoxy groups -OCH3 is 1. The van der Waals surface area contributed by atoms with Crippen molar-refractivity contribution >= 4 is 27.5 Å². The van der Waals surface area contributed by atoms with Crippen LogP contribution in [0.5, 0.6) is 11.5 Å². The summed E-state index contributed by atoms with van der Waals surface area (Å²) in [6, 6.07) is 5.35. The van der Waals surface area contributed by atoms with Gasteiger partial charge in [0.1, 0.15) is 0 Å². The second kappa shape index (κ2) is 10.1. The first-order valence-corrected chi connectivity index (χ1v) is 8.17. The summed E-state index contributed by atoms with van der Waals surface area (Å²) in [5.41, 5.74) is 1.13. The Kier molecular flexibility index (Phi) is 8.36. The molecule has 0 aliphatic carbocycles. The molecule has 0 amide bonds. The number of hydrogen-bond donors (Lipinski definition) is 0. The second-order valence-corrected chi connectivity index (χ2v) is 5.09. The van der Waals surface area contributed by atoms with Gasteiger partial charge in [-0.25, -0.2) is 4.79 Å². The van der Waals surface area contributed by atoms with Crippen molar-refractivity contribution < 1.29 is 19.0 Å². The van der Waals surface area contributed by atoms with E-state index in [9.17, 15) is 4.79 Å². The Hall–Kier alpha value is -1.75. The molecule has 0 aromatic heterocycles. The van der Waals surface area contributed by atoms with E-state index in [-0.39, 0.29) is 0 Å². The number of allylic oxidation sites excluding steroid dienone is 2. The highest BCUT2D eigenvalue weighted by Gasteiger charge is 2.15. The van der Waals surface area contributed by atoms with Gasteiger partial charge in [-0.05, 0) is 37.1 Å². The van der Waals surface area contributed by atoms with Gasteiger partial charge in [-0.1, -0.05) is 34.7 Å². The van der Waals surface area contributed by atoms with Gasteiger partial charge in [0.15, 0.2) is 11.5 Å². The topological polar surface area (TPSA) is 44.8 Å². The predicted molar refractivity (Wildman–Crippen MR) is 91.7 cm³/mol. The molecular formula is C17H21BrO4. The molecule has 1 aromatic rings. The zero-order chi connectivity index (χ0) is 16.4. The largest absolute Gasteiger partial charge is 0.493 e. The number of hydrogen-bond acceptors (Lipinski definition) is 4. The number of ether oxygens (including phenoxy) is 3. The first kappa shape index (κ1) is 18.3. The van der Waals surface area contributed by atoms with E-state index >= 15 is 0 Å². The third kappa shape index (κ3) is 5.22. The highest BCUT2D eigenvalue weighted by atomic mass is 79.9. The van der Waals surface area contributed by atoms with Gasteiger partial charge in [-0.15, -0.1) is 0 Å². The molecule has 0 bridgehead atoms. The molecule has 0 radical (unpaired) electrons. The van der Waals surface area contributed by atoms with Crippen molar-refractivity contribution in [3.63, 3.8) is 0 Å². The summed E-state index contributed by atoms with van der Waals surface area (Å²) >= 11 is 3.36. The molecule has 0 atom stereocenters. The van der Waals surface area contributed by atoms with Crippen LogP contribution < -0.4 is 9.47 Å². The van der Waals surface area contributed by atoms with Crippen LogP contribution in [0.4, 0.5) is 0 Å². The molecule has 4 nitrogen and oxygen atoms in total. The van der Waals surface area contributed by atoms with Gasteiger partial charge in [0, 0.05) is 5.33 Å². The number of carbonyl (C=O) groups is 1. The van der Waals surface area contributed by atoms with E-state index in [1.165, 1.54) is 0 Å². The molecule has 0 saturated carbocycles. The van der Waals surface area contributed by atoms with E-state index in [2.05, 4.69) is 22.5 Å². The van der Waals surface area contributed by atoms with E-state index < -0.39 is 5.97 Å². The van der Waals surface area contributed by atoms with E-state index in [0.717, 1.165) is 11.8 Å². The smallest absolute Gasteiger partial charge is 0.338 e. The molecule has 1 aromatic carbocycles. The van der Waals surface area contributed by atoms with Crippen molar-refractivity contribution in [3.8, 4) is 11.5 Å². The highest BCUT2D eigenvalue weighted by Crippen LogP contribution is 2.31. The lowest BCUT2D eigenvalue weighted by atomic mass is 10.0. The third-order valence-electron chi connectivity index (χ3n) is 2.79. The summed E-state index contributed by atoms with van der Waals surface area (Å²) in [5, 5.41) is 0.877. The Labute approximate surface area is 139 Å². The lowest BCUT2D eigenvalue weighted by Gasteiger charge is -2.13. The summed E-state index contributed by atoms with van der Waals surface area (Å²) in [4.78, 5) is 12.0. The average Bonchev–Trinajstić information content (AvgIpc) is 2.53. The van der Waals surface area contributed by atoms with E-state index in [4.69, 9.17) is 14.2 Å².